The molecule has 0 bridgehead atoms. The summed E-state index contributed by atoms with van der Waals surface area (Å²) in [5.41, 5.74) is 2.58. The van der Waals surface area contributed by atoms with Crippen molar-refractivity contribution in [3.63, 3.8) is 0 Å². The molecule has 0 unspecified atom stereocenters. The van der Waals surface area contributed by atoms with Crippen molar-refractivity contribution >= 4 is 23.2 Å². The van der Waals surface area contributed by atoms with E-state index >= 15 is 0 Å². The number of rotatable bonds is 5. The second-order valence-corrected chi connectivity index (χ2v) is 7.71. The van der Waals surface area contributed by atoms with Crippen LogP contribution in [0.5, 0.6) is 0 Å². The van der Waals surface area contributed by atoms with Crippen molar-refractivity contribution in [2.45, 2.75) is 39.7 Å². The second kappa shape index (κ2) is 7.57. The summed E-state index contributed by atoms with van der Waals surface area (Å²) in [4.78, 5) is 28.2. The minimum absolute atomic E-state index is 0.0446. The van der Waals surface area contributed by atoms with Gasteiger partial charge < -0.3 is 10.6 Å². The lowest BCUT2D eigenvalue weighted by Gasteiger charge is -2.19. The number of hydrogen-bond acceptors (Lipinski definition) is 4. The number of carbonyl (C=O) groups excluding carboxylic acids is 2. The van der Waals surface area contributed by atoms with Gasteiger partial charge in [0.05, 0.1) is 23.8 Å². The summed E-state index contributed by atoms with van der Waals surface area (Å²) < 4.78 is 0. The Morgan fingerprint density at radius 1 is 1.12 bits per heavy atom. The summed E-state index contributed by atoms with van der Waals surface area (Å²) in [7, 11) is 0. The van der Waals surface area contributed by atoms with Gasteiger partial charge in [0.15, 0.2) is 0 Å². The molecule has 2 aromatic rings. The molecule has 0 aliphatic rings. The first kappa shape index (κ1) is 18.1. The van der Waals surface area contributed by atoms with Gasteiger partial charge in [0.2, 0.25) is 5.91 Å². The van der Waals surface area contributed by atoms with Crippen molar-refractivity contribution < 1.29 is 9.59 Å². The second-order valence-electron chi connectivity index (χ2n) is 6.64. The summed E-state index contributed by atoms with van der Waals surface area (Å²) in [5, 5.41) is 8.24. The maximum Gasteiger partial charge on any atom is 0.251 e. The maximum absolute atomic E-state index is 12.1. The van der Waals surface area contributed by atoms with Gasteiger partial charge >= 0.3 is 0 Å². The Labute approximate surface area is 146 Å². The van der Waals surface area contributed by atoms with Crippen molar-refractivity contribution in [3.8, 4) is 0 Å². The molecule has 2 rings (SSSR count). The molecule has 6 heteroatoms. The van der Waals surface area contributed by atoms with Gasteiger partial charge in [-0.05, 0) is 30.0 Å². The van der Waals surface area contributed by atoms with Gasteiger partial charge in [-0.15, -0.1) is 11.3 Å². The highest BCUT2D eigenvalue weighted by Crippen LogP contribution is 2.22. The molecule has 2 N–H and O–H groups in total. The fourth-order valence-electron chi connectivity index (χ4n) is 2.13. The quantitative estimate of drug-likeness (QED) is 0.875. The molecular formula is C18H23N3O2S. The molecule has 5 nitrogen and oxygen atoms in total. The van der Waals surface area contributed by atoms with E-state index in [1.165, 1.54) is 0 Å². The Hall–Kier alpha value is -2.21. The summed E-state index contributed by atoms with van der Waals surface area (Å²) in [6, 6.07) is 7.46. The van der Waals surface area contributed by atoms with Crippen LogP contribution in [0.15, 0.2) is 29.6 Å². The molecule has 128 valence electrons. The fraction of sp³-hybridized carbons (Fsp3) is 0.389. The number of aromatic nitrogens is 1. The van der Waals surface area contributed by atoms with Gasteiger partial charge in [-0.1, -0.05) is 32.9 Å². The van der Waals surface area contributed by atoms with Crippen LogP contribution in [0.3, 0.4) is 0 Å². The Bertz CT molecular complexity index is 715. The number of nitrogens with zero attached hydrogens (tertiary/aromatic N) is 1. The average molecular weight is 345 g/mol. The Morgan fingerprint density at radius 2 is 1.79 bits per heavy atom. The molecule has 0 spiro atoms. The van der Waals surface area contributed by atoms with Crippen LogP contribution >= 0.6 is 11.3 Å². The van der Waals surface area contributed by atoms with Gasteiger partial charge in [-0.3, -0.25) is 9.59 Å². The smallest absolute Gasteiger partial charge is 0.251 e. The predicted molar refractivity (Wildman–Crippen MR) is 96.2 cm³/mol. The number of benzene rings is 1. The molecule has 1 heterocycles. The van der Waals surface area contributed by atoms with Gasteiger partial charge in [0.1, 0.15) is 0 Å². The van der Waals surface area contributed by atoms with Crippen molar-refractivity contribution in [3.05, 3.63) is 51.5 Å². The fourth-order valence-corrected chi connectivity index (χ4v) is 2.74. The van der Waals surface area contributed by atoms with Gasteiger partial charge in [0.25, 0.3) is 5.91 Å². The minimum Gasteiger partial charge on any atom is -0.349 e. The topological polar surface area (TPSA) is 71.1 Å². The van der Waals surface area contributed by atoms with Crippen LogP contribution < -0.4 is 10.6 Å². The number of hydrogen-bond donors (Lipinski definition) is 2. The third-order valence-electron chi connectivity index (χ3n) is 3.56. The third kappa shape index (κ3) is 5.16. The van der Waals surface area contributed by atoms with Crippen LogP contribution in [0, 0.1) is 6.92 Å². The summed E-state index contributed by atoms with van der Waals surface area (Å²) in [5.74, 6) is -0.490. The Morgan fingerprint density at radius 3 is 2.33 bits per heavy atom. The molecule has 0 radical (unpaired) electrons. The van der Waals surface area contributed by atoms with Gasteiger partial charge in [-0.25, -0.2) is 4.98 Å². The van der Waals surface area contributed by atoms with Crippen LogP contribution in [0.25, 0.3) is 0 Å². The highest BCUT2D eigenvalue weighted by Gasteiger charge is 2.14. The number of nitrogens with one attached hydrogen (secondary N) is 2. The summed E-state index contributed by atoms with van der Waals surface area (Å²) >= 11 is 1.54. The number of aryl methyl sites for hydroxylation is 1. The van der Waals surface area contributed by atoms with E-state index < -0.39 is 0 Å². The molecule has 0 atom stereocenters. The molecule has 2 amide bonds. The van der Waals surface area contributed by atoms with Gasteiger partial charge in [-0.2, -0.15) is 0 Å². The summed E-state index contributed by atoms with van der Waals surface area (Å²) in [6.07, 6.45) is 0. The Kier molecular flexibility index (Phi) is 5.72. The van der Waals surface area contributed by atoms with E-state index in [2.05, 4.69) is 36.4 Å². The molecular weight excluding hydrogens is 322 g/mol. The molecule has 1 aromatic carbocycles. The van der Waals surface area contributed by atoms with Crippen LogP contribution in [-0.4, -0.2) is 23.3 Å². The first-order valence-electron chi connectivity index (χ1n) is 7.82. The van der Waals surface area contributed by atoms with E-state index in [-0.39, 0.29) is 23.8 Å². The van der Waals surface area contributed by atoms with Crippen molar-refractivity contribution in [1.29, 1.82) is 0 Å². The number of carbonyl (C=O) groups is 2. The number of amides is 2. The average Bonchev–Trinajstić information content (AvgIpc) is 2.95. The lowest BCUT2D eigenvalue weighted by atomic mass is 9.87. The highest BCUT2D eigenvalue weighted by atomic mass is 32.1. The predicted octanol–water partition coefficient (Wildman–Crippen LogP) is 2.80. The zero-order valence-electron chi connectivity index (χ0n) is 14.5. The summed E-state index contributed by atoms with van der Waals surface area (Å²) in [6.45, 7) is 8.60. The lowest BCUT2D eigenvalue weighted by molar-refractivity contribution is -0.120. The molecule has 0 fully saturated rings. The monoisotopic (exact) mass is 345 g/mol. The zero-order chi connectivity index (χ0) is 17.7. The SMILES string of the molecule is Cc1nc(CNC(=O)CNC(=O)c2ccc(C(C)(C)C)cc2)cs1. The molecule has 0 aliphatic carbocycles. The van der Waals surface area contributed by atoms with Crippen molar-refractivity contribution in [2.24, 2.45) is 0 Å². The molecule has 1 aromatic heterocycles. The highest BCUT2D eigenvalue weighted by molar-refractivity contribution is 7.09. The van der Waals surface area contributed by atoms with Crippen LogP contribution in [0.1, 0.15) is 47.4 Å². The third-order valence-corrected chi connectivity index (χ3v) is 4.38. The normalized spacial score (nSPS) is 11.2. The lowest BCUT2D eigenvalue weighted by Crippen LogP contribution is -2.36. The van der Waals surface area contributed by atoms with Crippen molar-refractivity contribution in [2.75, 3.05) is 6.54 Å². The first-order valence-corrected chi connectivity index (χ1v) is 8.70. The van der Waals surface area contributed by atoms with Crippen molar-refractivity contribution in [1.82, 2.24) is 15.6 Å². The van der Waals surface area contributed by atoms with E-state index in [9.17, 15) is 9.59 Å². The van der Waals surface area contributed by atoms with E-state index in [0.717, 1.165) is 16.3 Å². The van der Waals surface area contributed by atoms with Crippen LogP contribution in [-0.2, 0) is 16.8 Å². The minimum atomic E-state index is -0.255. The largest absolute Gasteiger partial charge is 0.349 e. The van der Waals surface area contributed by atoms with Crippen LogP contribution in [0.4, 0.5) is 0 Å². The molecule has 24 heavy (non-hydrogen) atoms. The van der Waals surface area contributed by atoms with E-state index in [4.69, 9.17) is 0 Å². The van der Waals surface area contributed by atoms with E-state index in [1.807, 2.05) is 24.4 Å². The zero-order valence-corrected chi connectivity index (χ0v) is 15.3. The van der Waals surface area contributed by atoms with E-state index in [0.29, 0.717) is 12.1 Å². The van der Waals surface area contributed by atoms with Crippen LogP contribution in [0.2, 0.25) is 0 Å². The molecule has 0 saturated heterocycles. The van der Waals surface area contributed by atoms with Gasteiger partial charge in [0, 0.05) is 10.9 Å². The molecule has 0 aliphatic heterocycles. The standard InChI is InChI=1S/C18H23N3O2S/c1-12-21-15(11-24-12)9-19-16(22)10-20-17(23)13-5-7-14(8-6-13)18(2,3)4/h5-8,11H,9-10H2,1-4H3,(H,19,22)(H,20,23). The molecule has 0 saturated carbocycles. The van der Waals surface area contributed by atoms with E-state index in [1.54, 1.807) is 23.5 Å². The number of thiazole rings is 1. The first-order chi connectivity index (χ1) is 11.3. The maximum atomic E-state index is 12.1. The Balaban J connectivity index is 1.80.